The standard InChI is InChI=1S/C17H19ClFNO/c1-17(20,10-12-5-3-4-6-15(12)19)11-13-9-14(18)7-8-16(13)21-2/h3-9H,10-11,20H2,1-2H3. The molecule has 0 aliphatic rings. The van der Waals surface area contributed by atoms with Crippen molar-refractivity contribution in [3.63, 3.8) is 0 Å². The fourth-order valence-electron chi connectivity index (χ4n) is 2.46. The molecule has 0 bridgehead atoms. The Morgan fingerprint density at radius 3 is 2.48 bits per heavy atom. The summed E-state index contributed by atoms with van der Waals surface area (Å²) in [5.41, 5.74) is 7.30. The molecule has 2 nitrogen and oxygen atoms in total. The summed E-state index contributed by atoms with van der Waals surface area (Å²) in [6, 6.07) is 12.1. The molecular formula is C17H19ClFNO. The molecule has 112 valence electrons. The maximum Gasteiger partial charge on any atom is 0.126 e. The van der Waals surface area contributed by atoms with Gasteiger partial charge in [0, 0.05) is 10.6 Å². The van der Waals surface area contributed by atoms with Gasteiger partial charge in [-0.25, -0.2) is 4.39 Å². The van der Waals surface area contributed by atoms with Crippen LogP contribution < -0.4 is 10.5 Å². The summed E-state index contributed by atoms with van der Waals surface area (Å²) >= 11 is 6.03. The van der Waals surface area contributed by atoms with E-state index in [9.17, 15) is 4.39 Å². The molecule has 1 atom stereocenters. The van der Waals surface area contributed by atoms with Crippen LogP contribution in [-0.2, 0) is 12.8 Å². The quantitative estimate of drug-likeness (QED) is 0.906. The van der Waals surface area contributed by atoms with E-state index in [1.807, 2.05) is 25.1 Å². The lowest BCUT2D eigenvalue weighted by atomic mass is 9.87. The largest absolute Gasteiger partial charge is 0.496 e. The minimum Gasteiger partial charge on any atom is -0.496 e. The Bertz CT molecular complexity index is 628. The molecule has 2 aromatic rings. The summed E-state index contributed by atoms with van der Waals surface area (Å²) in [5, 5.41) is 0.632. The van der Waals surface area contributed by atoms with Crippen molar-refractivity contribution >= 4 is 11.6 Å². The van der Waals surface area contributed by atoms with Crippen LogP contribution >= 0.6 is 11.6 Å². The molecule has 0 amide bonds. The van der Waals surface area contributed by atoms with Crippen LogP contribution in [0.5, 0.6) is 5.75 Å². The van der Waals surface area contributed by atoms with Crippen molar-refractivity contribution in [1.82, 2.24) is 0 Å². The molecule has 2 rings (SSSR count). The summed E-state index contributed by atoms with van der Waals surface area (Å²) < 4.78 is 19.1. The van der Waals surface area contributed by atoms with E-state index in [1.54, 1.807) is 25.3 Å². The molecule has 0 saturated carbocycles. The average molecular weight is 308 g/mol. The minimum absolute atomic E-state index is 0.229. The molecule has 21 heavy (non-hydrogen) atoms. The number of hydrogen-bond donors (Lipinski definition) is 1. The lowest BCUT2D eigenvalue weighted by molar-refractivity contribution is 0.395. The van der Waals surface area contributed by atoms with Gasteiger partial charge >= 0.3 is 0 Å². The molecule has 0 heterocycles. The van der Waals surface area contributed by atoms with E-state index in [0.717, 1.165) is 11.3 Å². The maximum absolute atomic E-state index is 13.8. The van der Waals surface area contributed by atoms with Gasteiger partial charge < -0.3 is 10.5 Å². The highest BCUT2D eigenvalue weighted by atomic mass is 35.5. The van der Waals surface area contributed by atoms with E-state index in [1.165, 1.54) is 6.07 Å². The number of benzene rings is 2. The van der Waals surface area contributed by atoms with Crippen LogP contribution in [0.2, 0.25) is 5.02 Å². The van der Waals surface area contributed by atoms with Crippen molar-refractivity contribution in [3.8, 4) is 5.75 Å². The topological polar surface area (TPSA) is 35.2 Å². The Labute approximate surface area is 129 Å². The molecule has 0 aliphatic carbocycles. The second-order valence-electron chi connectivity index (χ2n) is 5.56. The predicted octanol–water partition coefficient (Wildman–Crippen LogP) is 3.99. The third-order valence-corrected chi connectivity index (χ3v) is 3.62. The van der Waals surface area contributed by atoms with Gasteiger partial charge in [-0.1, -0.05) is 29.8 Å². The lowest BCUT2D eigenvalue weighted by Gasteiger charge is -2.26. The van der Waals surface area contributed by atoms with Crippen LogP contribution in [-0.4, -0.2) is 12.6 Å². The van der Waals surface area contributed by atoms with Crippen molar-refractivity contribution in [2.24, 2.45) is 5.73 Å². The van der Waals surface area contributed by atoms with Gasteiger partial charge in [-0.15, -0.1) is 0 Å². The van der Waals surface area contributed by atoms with Crippen LogP contribution in [0, 0.1) is 5.82 Å². The Balaban J connectivity index is 2.21. The van der Waals surface area contributed by atoms with Crippen LogP contribution in [0.25, 0.3) is 0 Å². The van der Waals surface area contributed by atoms with E-state index < -0.39 is 5.54 Å². The molecule has 0 saturated heterocycles. The number of hydrogen-bond acceptors (Lipinski definition) is 2. The van der Waals surface area contributed by atoms with Crippen LogP contribution in [0.1, 0.15) is 18.1 Å². The first-order chi connectivity index (χ1) is 9.91. The Kier molecular flexibility index (Phi) is 4.86. The zero-order valence-electron chi connectivity index (χ0n) is 12.2. The third-order valence-electron chi connectivity index (χ3n) is 3.39. The summed E-state index contributed by atoms with van der Waals surface area (Å²) in [6.07, 6.45) is 0.987. The Morgan fingerprint density at radius 2 is 1.81 bits per heavy atom. The first-order valence-electron chi connectivity index (χ1n) is 6.76. The van der Waals surface area contributed by atoms with Gasteiger partial charge in [0.25, 0.3) is 0 Å². The number of rotatable bonds is 5. The smallest absolute Gasteiger partial charge is 0.126 e. The second kappa shape index (κ2) is 6.46. The van der Waals surface area contributed by atoms with Crippen molar-refractivity contribution in [3.05, 3.63) is 64.4 Å². The van der Waals surface area contributed by atoms with Crippen LogP contribution in [0.3, 0.4) is 0 Å². The number of methoxy groups -OCH3 is 1. The second-order valence-corrected chi connectivity index (χ2v) is 5.99. The van der Waals surface area contributed by atoms with Gasteiger partial charge in [-0.05, 0) is 55.2 Å². The van der Waals surface area contributed by atoms with Gasteiger partial charge in [-0.3, -0.25) is 0 Å². The average Bonchev–Trinajstić information content (AvgIpc) is 2.41. The first-order valence-corrected chi connectivity index (χ1v) is 7.14. The van der Waals surface area contributed by atoms with Gasteiger partial charge in [0.1, 0.15) is 11.6 Å². The number of ether oxygens (including phenoxy) is 1. The van der Waals surface area contributed by atoms with Gasteiger partial charge in [-0.2, -0.15) is 0 Å². The minimum atomic E-state index is -0.597. The fourth-order valence-corrected chi connectivity index (χ4v) is 2.65. The summed E-state index contributed by atoms with van der Waals surface area (Å²) in [4.78, 5) is 0. The molecule has 1 unspecified atom stereocenters. The monoisotopic (exact) mass is 307 g/mol. The van der Waals surface area contributed by atoms with Gasteiger partial charge in [0.05, 0.1) is 7.11 Å². The predicted molar refractivity (Wildman–Crippen MR) is 84.4 cm³/mol. The lowest BCUT2D eigenvalue weighted by Crippen LogP contribution is -2.41. The number of halogens is 2. The van der Waals surface area contributed by atoms with E-state index in [2.05, 4.69) is 0 Å². The van der Waals surface area contributed by atoms with Crippen LogP contribution in [0.4, 0.5) is 4.39 Å². The normalized spacial score (nSPS) is 13.8. The van der Waals surface area contributed by atoms with Crippen LogP contribution in [0.15, 0.2) is 42.5 Å². The highest BCUT2D eigenvalue weighted by Gasteiger charge is 2.23. The van der Waals surface area contributed by atoms with Crippen molar-refractivity contribution in [2.45, 2.75) is 25.3 Å². The Hall–Kier alpha value is -1.58. The highest BCUT2D eigenvalue weighted by molar-refractivity contribution is 6.30. The molecular weight excluding hydrogens is 289 g/mol. The van der Waals surface area contributed by atoms with E-state index in [0.29, 0.717) is 23.4 Å². The van der Waals surface area contributed by atoms with Crippen molar-refractivity contribution in [2.75, 3.05) is 7.11 Å². The molecule has 0 aromatic heterocycles. The molecule has 2 aromatic carbocycles. The maximum atomic E-state index is 13.8. The van der Waals surface area contributed by atoms with E-state index in [-0.39, 0.29) is 5.82 Å². The van der Waals surface area contributed by atoms with Gasteiger partial charge in [0.2, 0.25) is 0 Å². The summed E-state index contributed by atoms with van der Waals surface area (Å²) in [7, 11) is 1.61. The molecule has 0 spiro atoms. The molecule has 0 fully saturated rings. The van der Waals surface area contributed by atoms with Crippen molar-refractivity contribution in [1.29, 1.82) is 0 Å². The number of nitrogens with two attached hydrogens (primary N) is 1. The van der Waals surface area contributed by atoms with E-state index >= 15 is 0 Å². The zero-order valence-corrected chi connectivity index (χ0v) is 13.0. The first kappa shape index (κ1) is 15.8. The third kappa shape index (κ3) is 4.19. The molecule has 2 N–H and O–H groups in total. The van der Waals surface area contributed by atoms with Crippen molar-refractivity contribution < 1.29 is 9.13 Å². The zero-order chi connectivity index (χ0) is 15.5. The molecule has 0 aliphatic heterocycles. The molecule has 0 radical (unpaired) electrons. The van der Waals surface area contributed by atoms with Gasteiger partial charge in [0.15, 0.2) is 0 Å². The van der Waals surface area contributed by atoms with E-state index in [4.69, 9.17) is 22.1 Å². The summed E-state index contributed by atoms with van der Waals surface area (Å²) in [5.74, 6) is 0.511. The fraction of sp³-hybridized carbons (Fsp3) is 0.294. The SMILES string of the molecule is COc1ccc(Cl)cc1CC(C)(N)Cc1ccccc1F. The Morgan fingerprint density at radius 1 is 1.14 bits per heavy atom. The highest BCUT2D eigenvalue weighted by Crippen LogP contribution is 2.27. The molecule has 4 heteroatoms. The summed E-state index contributed by atoms with van der Waals surface area (Å²) in [6.45, 7) is 1.90.